The molecule has 8 heteroatoms. The number of imidazole rings is 1. The summed E-state index contributed by atoms with van der Waals surface area (Å²) >= 11 is 0. The molecule has 1 saturated heterocycles. The molecule has 1 aliphatic heterocycles. The topological polar surface area (TPSA) is 93.3 Å². The molecule has 1 aromatic carbocycles. The molecule has 7 nitrogen and oxygen atoms in total. The monoisotopic (exact) mass is 368 g/mol. The molecule has 1 aliphatic rings. The summed E-state index contributed by atoms with van der Waals surface area (Å²) < 4.78 is 7.01. The molecule has 25 heavy (non-hydrogen) atoms. The lowest BCUT2D eigenvalue weighted by atomic mass is 10.0. The third kappa shape index (κ3) is 4.05. The summed E-state index contributed by atoms with van der Waals surface area (Å²) in [5.74, 6) is 0.0667. The quantitative estimate of drug-likeness (QED) is 0.831. The number of fused-ring (bicyclic) bond motifs is 1. The first-order valence-electron chi connectivity index (χ1n) is 8.34. The summed E-state index contributed by atoms with van der Waals surface area (Å²) in [6, 6.07) is 7.82. The van der Waals surface area contributed by atoms with Crippen molar-refractivity contribution in [1.82, 2.24) is 14.5 Å². The molecule has 3 rings (SSSR count). The second-order valence-corrected chi connectivity index (χ2v) is 6.23. The number of aromatic amines is 1. The number of nitrogens with zero attached hydrogens (tertiary/aromatic N) is 2. The predicted molar refractivity (Wildman–Crippen MR) is 99.1 cm³/mol. The highest BCUT2D eigenvalue weighted by molar-refractivity contribution is 5.85. The number of hydrogen-bond donors (Lipinski definition) is 2. The maximum Gasteiger partial charge on any atom is 0.326 e. The van der Waals surface area contributed by atoms with E-state index in [1.54, 1.807) is 7.11 Å². The van der Waals surface area contributed by atoms with Gasteiger partial charge in [0.15, 0.2) is 0 Å². The number of nitrogens with one attached hydrogen (secondary N) is 1. The van der Waals surface area contributed by atoms with Crippen molar-refractivity contribution in [2.45, 2.75) is 31.4 Å². The first-order valence-corrected chi connectivity index (χ1v) is 8.34. The van der Waals surface area contributed by atoms with Crippen LogP contribution in [0.2, 0.25) is 0 Å². The fourth-order valence-corrected chi connectivity index (χ4v) is 3.40. The van der Waals surface area contributed by atoms with E-state index in [0.717, 1.165) is 23.9 Å². The van der Waals surface area contributed by atoms with Crippen molar-refractivity contribution in [3.8, 4) is 0 Å². The lowest BCUT2D eigenvalue weighted by Crippen LogP contribution is -2.42. The van der Waals surface area contributed by atoms with E-state index in [-0.39, 0.29) is 36.1 Å². The van der Waals surface area contributed by atoms with Gasteiger partial charge in [-0.25, -0.2) is 4.79 Å². The van der Waals surface area contributed by atoms with Gasteiger partial charge < -0.3 is 20.4 Å². The number of piperidine rings is 1. The molecule has 1 unspecified atom stereocenters. The van der Waals surface area contributed by atoms with E-state index in [4.69, 9.17) is 10.5 Å². The Labute approximate surface area is 152 Å². The van der Waals surface area contributed by atoms with Crippen molar-refractivity contribution in [2.75, 3.05) is 26.7 Å². The van der Waals surface area contributed by atoms with E-state index >= 15 is 0 Å². The SMILES string of the molecule is COC(CN)CC(=O)N1CCC(n2c(=O)[nH]c3ccccc32)CC1.Cl. The van der Waals surface area contributed by atoms with Crippen LogP contribution in [0.3, 0.4) is 0 Å². The van der Waals surface area contributed by atoms with Crippen LogP contribution in [0.4, 0.5) is 0 Å². The Bertz CT molecular complexity index is 761. The smallest absolute Gasteiger partial charge is 0.326 e. The van der Waals surface area contributed by atoms with Crippen LogP contribution in [-0.4, -0.2) is 53.2 Å². The van der Waals surface area contributed by atoms with E-state index in [1.165, 1.54) is 0 Å². The summed E-state index contributed by atoms with van der Waals surface area (Å²) in [5, 5.41) is 0. The van der Waals surface area contributed by atoms with E-state index in [1.807, 2.05) is 33.7 Å². The van der Waals surface area contributed by atoms with Crippen molar-refractivity contribution in [3.63, 3.8) is 0 Å². The second-order valence-electron chi connectivity index (χ2n) is 6.23. The van der Waals surface area contributed by atoms with Crippen molar-refractivity contribution < 1.29 is 9.53 Å². The normalized spacial score (nSPS) is 16.6. The van der Waals surface area contributed by atoms with Crippen LogP contribution in [0.1, 0.15) is 25.3 Å². The number of likely N-dealkylation sites (tertiary alicyclic amines) is 1. The zero-order valence-corrected chi connectivity index (χ0v) is 15.1. The highest BCUT2D eigenvalue weighted by Crippen LogP contribution is 2.25. The number of ether oxygens (including phenoxy) is 1. The molecule has 2 aromatic rings. The molecule has 0 bridgehead atoms. The fraction of sp³-hybridized carbons (Fsp3) is 0.529. The molecule has 0 spiro atoms. The number of benzene rings is 1. The van der Waals surface area contributed by atoms with E-state index < -0.39 is 0 Å². The molecule has 0 saturated carbocycles. The molecular formula is C17H25ClN4O3. The van der Waals surface area contributed by atoms with E-state index in [2.05, 4.69) is 4.98 Å². The van der Waals surface area contributed by atoms with Crippen LogP contribution in [-0.2, 0) is 9.53 Å². The molecule has 3 N–H and O–H groups in total. The number of amides is 1. The zero-order valence-electron chi connectivity index (χ0n) is 14.3. The maximum atomic E-state index is 12.3. The number of hydrogen-bond acceptors (Lipinski definition) is 4. The van der Waals surface area contributed by atoms with Gasteiger partial charge in [-0.2, -0.15) is 0 Å². The number of para-hydroxylation sites is 2. The minimum absolute atomic E-state index is 0. The summed E-state index contributed by atoms with van der Waals surface area (Å²) in [7, 11) is 1.57. The first-order chi connectivity index (χ1) is 11.6. The van der Waals surface area contributed by atoms with Gasteiger partial charge in [0.25, 0.3) is 0 Å². The second kappa shape index (κ2) is 8.51. The Hall–Kier alpha value is -1.83. The van der Waals surface area contributed by atoms with Gasteiger partial charge in [-0.3, -0.25) is 9.36 Å². The molecule has 0 radical (unpaired) electrons. The van der Waals surface area contributed by atoms with Crippen LogP contribution in [0, 0.1) is 0 Å². The lowest BCUT2D eigenvalue weighted by Gasteiger charge is -2.33. The van der Waals surface area contributed by atoms with Gasteiger partial charge in [-0.15, -0.1) is 12.4 Å². The van der Waals surface area contributed by atoms with Gasteiger partial charge in [0, 0.05) is 32.8 Å². The van der Waals surface area contributed by atoms with Crippen molar-refractivity contribution in [3.05, 3.63) is 34.7 Å². The van der Waals surface area contributed by atoms with Gasteiger partial charge in [-0.1, -0.05) is 12.1 Å². The fourth-order valence-electron chi connectivity index (χ4n) is 3.40. The molecule has 1 atom stereocenters. The van der Waals surface area contributed by atoms with Gasteiger partial charge in [0.1, 0.15) is 0 Å². The lowest BCUT2D eigenvalue weighted by molar-refractivity contribution is -0.134. The van der Waals surface area contributed by atoms with E-state index in [0.29, 0.717) is 26.1 Å². The largest absolute Gasteiger partial charge is 0.380 e. The number of nitrogens with two attached hydrogens (primary N) is 1. The standard InChI is InChI=1S/C17H24N4O3.ClH/c1-24-13(11-18)10-16(22)20-8-6-12(7-9-20)21-15-5-3-2-4-14(15)19-17(21)23;/h2-5,12-13H,6-11,18H2,1H3,(H,19,23);1H. The van der Waals surface area contributed by atoms with Gasteiger partial charge in [-0.05, 0) is 25.0 Å². The number of halogens is 1. The third-order valence-electron chi connectivity index (χ3n) is 4.80. The number of carbonyl (C=O) groups is 1. The van der Waals surface area contributed by atoms with Crippen molar-refractivity contribution in [1.29, 1.82) is 0 Å². The maximum absolute atomic E-state index is 12.3. The number of methoxy groups -OCH3 is 1. The van der Waals surface area contributed by atoms with Gasteiger partial charge in [0.2, 0.25) is 5.91 Å². The number of rotatable bonds is 5. The third-order valence-corrected chi connectivity index (χ3v) is 4.80. The van der Waals surface area contributed by atoms with Gasteiger partial charge in [0.05, 0.1) is 23.6 Å². The molecule has 1 amide bonds. The Morgan fingerprint density at radius 3 is 2.68 bits per heavy atom. The summed E-state index contributed by atoms with van der Waals surface area (Å²) in [6.07, 6.45) is 1.62. The molecule has 1 aromatic heterocycles. The van der Waals surface area contributed by atoms with Crippen LogP contribution in [0.15, 0.2) is 29.1 Å². The Balaban J connectivity index is 0.00000225. The van der Waals surface area contributed by atoms with Crippen molar-refractivity contribution in [2.24, 2.45) is 5.73 Å². The van der Waals surface area contributed by atoms with Crippen LogP contribution in [0.5, 0.6) is 0 Å². The number of carbonyl (C=O) groups excluding carboxylic acids is 1. The van der Waals surface area contributed by atoms with E-state index in [9.17, 15) is 9.59 Å². The minimum atomic E-state index is -0.230. The first kappa shape index (κ1) is 19.5. The Morgan fingerprint density at radius 2 is 2.04 bits per heavy atom. The Kier molecular flexibility index (Phi) is 6.64. The van der Waals surface area contributed by atoms with Crippen LogP contribution in [0.25, 0.3) is 11.0 Å². The average molecular weight is 369 g/mol. The molecule has 2 heterocycles. The van der Waals surface area contributed by atoms with Crippen LogP contribution < -0.4 is 11.4 Å². The highest BCUT2D eigenvalue weighted by atomic mass is 35.5. The average Bonchev–Trinajstić information content (AvgIpc) is 2.95. The van der Waals surface area contributed by atoms with Crippen molar-refractivity contribution >= 4 is 29.3 Å². The molecule has 1 fully saturated rings. The number of aromatic nitrogens is 2. The van der Waals surface area contributed by atoms with Gasteiger partial charge >= 0.3 is 5.69 Å². The predicted octanol–water partition coefficient (Wildman–Crippen LogP) is 1.28. The summed E-state index contributed by atoms with van der Waals surface area (Å²) in [5.41, 5.74) is 7.28. The zero-order chi connectivity index (χ0) is 17.1. The molecule has 0 aliphatic carbocycles. The number of H-pyrrole nitrogens is 1. The van der Waals surface area contributed by atoms with Crippen LogP contribution >= 0.6 is 12.4 Å². The minimum Gasteiger partial charge on any atom is -0.380 e. The molecular weight excluding hydrogens is 344 g/mol. The molecule has 138 valence electrons. The summed E-state index contributed by atoms with van der Waals surface area (Å²) in [4.78, 5) is 29.3. The Morgan fingerprint density at radius 1 is 1.36 bits per heavy atom. The highest BCUT2D eigenvalue weighted by Gasteiger charge is 2.27. The summed E-state index contributed by atoms with van der Waals surface area (Å²) in [6.45, 7) is 1.64.